The zero-order chi connectivity index (χ0) is 22.1. The maximum Gasteiger partial charge on any atom is 0.312 e. The van der Waals surface area contributed by atoms with Gasteiger partial charge in [-0.3, -0.25) is 4.79 Å². The number of ether oxygens (including phenoxy) is 2. The monoisotopic (exact) mass is 419 g/mol. The van der Waals surface area contributed by atoms with Gasteiger partial charge in [0.05, 0.1) is 6.61 Å². The Hall–Kier alpha value is -4.00. The van der Waals surface area contributed by atoms with Crippen LogP contribution in [0.1, 0.15) is 12.5 Å². The van der Waals surface area contributed by atoms with Crippen molar-refractivity contribution in [2.24, 2.45) is 5.73 Å². The second kappa shape index (κ2) is 10.7. The molecule has 3 rings (SSSR count). The molecular weight excluding hydrogens is 394 g/mol. The van der Waals surface area contributed by atoms with E-state index in [-0.39, 0.29) is 5.91 Å². The number of nitrogens with two attached hydrogens (primary N) is 1. The largest absolute Gasteiger partial charge is 0.494 e. The molecule has 7 heteroatoms. The Morgan fingerprint density at radius 1 is 0.871 bits per heavy atom. The predicted molar refractivity (Wildman–Crippen MR) is 119 cm³/mol. The van der Waals surface area contributed by atoms with Crippen molar-refractivity contribution in [3.8, 4) is 17.2 Å². The van der Waals surface area contributed by atoms with Gasteiger partial charge in [-0.1, -0.05) is 30.3 Å². The van der Waals surface area contributed by atoms with E-state index in [2.05, 4.69) is 10.6 Å². The van der Waals surface area contributed by atoms with Gasteiger partial charge in [-0.05, 0) is 61.0 Å². The summed E-state index contributed by atoms with van der Waals surface area (Å²) in [4.78, 5) is 24.0. The van der Waals surface area contributed by atoms with Crippen molar-refractivity contribution >= 4 is 17.6 Å². The lowest BCUT2D eigenvalue weighted by Gasteiger charge is -2.17. The summed E-state index contributed by atoms with van der Waals surface area (Å²) in [5, 5.41) is 5.30. The minimum atomic E-state index is -0.792. The van der Waals surface area contributed by atoms with Gasteiger partial charge in [0.15, 0.2) is 0 Å². The number of hydrogen-bond acceptors (Lipinski definition) is 4. The van der Waals surface area contributed by atoms with Crippen LogP contribution in [-0.2, 0) is 11.2 Å². The topological polar surface area (TPSA) is 103 Å². The van der Waals surface area contributed by atoms with Crippen LogP contribution in [0, 0.1) is 0 Å². The summed E-state index contributed by atoms with van der Waals surface area (Å²) in [6.07, 6.45) is 0.328. The third-order valence-corrected chi connectivity index (χ3v) is 4.41. The fraction of sp³-hybridized carbons (Fsp3) is 0.167. The SMILES string of the molecule is CCOc1ccc(Oc2ccc(NC(=O)C(Cc3ccccc3)NC(N)=O)cc2)cc1. The quantitative estimate of drug-likeness (QED) is 0.486. The fourth-order valence-electron chi connectivity index (χ4n) is 2.97. The van der Waals surface area contributed by atoms with Crippen molar-refractivity contribution in [3.63, 3.8) is 0 Å². The molecule has 0 radical (unpaired) electrons. The molecule has 3 amide bonds. The Bertz CT molecular complexity index is 990. The van der Waals surface area contributed by atoms with E-state index in [0.717, 1.165) is 11.3 Å². The molecule has 0 bridgehead atoms. The molecule has 4 N–H and O–H groups in total. The Balaban J connectivity index is 1.61. The lowest BCUT2D eigenvalue weighted by Crippen LogP contribution is -2.47. The number of hydrogen-bond donors (Lipinski definition) is 3. The van der Waals surface area contributed by atoms with Gasteiger partial charge < -0.3 is 25.8 Å². The standard InChI is InChI=1S/C24H25N3O4/c1-2-30-19-12-14-21(15-13-19)31-20-10-8-18(9-11-20)26-23(28)22(27-24(25)29)16-17-6-4-3-5-7-17/h3-15,22H,2,16H2,1H3,(H,26,28)(H3,25,27,29). The van der Waals surface area contributed by atoms with Crippen LogP contribution in [-0.4, -0.2) is 24.6 Å². The third-order valence-electron chi connectivity index (χ3n) is 4.41. The lowest BCUT2D eigenvalue weighted by molar-refractivity contribution is -0.117. The summed E-state index contributed by atoms with van der Waals surface area (Å²) in [6.45, 7) is 2.53. The molecule has 0 heterocycles. The molecular formula is C24H25N3O4. The molecule has 31 heavy (non-hydrogen) atoms. The summed E-state index contributed by atoms with van der Waals surface area (Å²) in [5.74, 6) is 1.72. The van der Waals surface area contributed by atoms with Crippen LogP contribution >= 0.6 is 0 Å². The van der Waals surface area contributed by atoms with Crippen molar-refractivity contribution < 1.29 is 19.1 Å². The molecule has 0 aliphatic carbocycles. The highest BCUT2D eigenvalue weighted by atomic mass is 16.5. The molecule has 3 aromatic carbocycles. The molecule has 0 saturated carbocycles. The van der Waals surface area contributed by atoms with E-state index >= 15 is 0 Å². The molecule has 0 saturated heterocycles. The number of carbonyl (C=O) groups is 2. The number of nitrogens with one attached hydrogen (secondary N) is 2. The minimum Gasteiger partial charge on any atom is -0.494 e. The van der Waals surface area contributed by atoms with E-state index in [1.807, 2.05) is 61.5 Å². The molecule has 7 nitrogen and oxygen atoms in total. The van der Waals surface area contributed by atoms with Gasteiger partial charge >= 0.3 is 6.03 Å². The number of carbonyl (C=O) groups excluding carboxylic acids is 2. The van der Waals surface area contributed by atoms with Crippen LogP contribution in [0.4, 0.5) is 10.5 Å². The average molecular weight is 419 g/mol. The molecule has 0 fully saturated rings. The molecule has 0 aliphatic heterocycles. The number of rotatable bonds is 9. The van der Waals surface area contributed by atoms with E-state index in [0.29, 0.717) is 30.2 Å². The Morgan fingerprint density at radius 3 is 2.03 bits per heavy atom. The van der Waals surface area contributed by atoms with E-state index < -0.39 is 12.1 Å². The molecule has 0 aromatic heterocycles. The number of urea groups is 1. The predicted octanol–water partition coefficient (Wildman–Crippen LogP) is 4.10. The Labute approximate surface area is 181 Å². The van der Waals surface area contributed by atoms with Crippen molar-refractivity contribution in [3.05, 3.63) is 84.4 Å². The number of amides is 3. The Kier molecular flexibility index (Phi) is 7.48. The maximum absolute atomic E-state index is 12.7. The number of primary amides is 1. The van der Waals surface area contributed by atoms with E-state index in [4.69, 9.17) is 15.2 Å². The van der Waals surface area contributed by atoms with Gasteiger partial charge in [-0.2, -0.15) is 0 Å². The molecule has 0 spiro atoms. The maximum atomic E-state index is 12.7. The van der Waals surface area contributed by atoms with Crippen LogP contribution in [0.5, 0.6) is 17.2 Å². The molecule has 1 unspecified atom stereocenters. The van der Waals surface area contributed by atoms with Crippen LogP contribution in [0.2, 0.25) is 0 Å². The van der Waals surface area contributed by atoms with Crippen molar-refractivity contribution in [2.75, 3.05) is 11.9 Å². The van der Waals surface area contributed by atoms with Gasteiger partial charge in [-0.15, -0.1) is 0 Å². The summed E-state index contributed by atoms with van der Waals surface area (Å²) < 4.78 is 11.2. The lowest BCUT2D eigenvalue weighted by atomic mass is 10.1. The first kappa shape index (κ1) is 21.7. The number of anilines is 1. The van der Waals surface area contributed by atoms with Gasteiger partial charge in [0, 0.05) is 12.1 Å². The second-order valence-corrected chi connectivity index (χ2v) is 6.77. The summed E-state index contributed by atoms with van der Waals surface area (Å²) in [7, 11) is 0. The van der Waals surface area contributed by atoms with Crippen molar-refractivity contribution in [1.29, 1.82) is 0 Å². The van der Waals surface area contributed by atoms with E-state index in [1.165, 1.54) is 0 Å². The normalized spacial score (nSPS) is 11.3. The summed E-state index contributed by atoms with van der Waals surface area (Å²) >= 11 is 0. The first-order valence-corrected chi connectivity index (χ1v) is 9.95. The minimum absolute atomic E-state index is 0.328. The summed E-state index contributed by atoms with van der Waals surface area (Å²) in [6, 6.07) is 22.1. The molecule has 3 aromatic rings. The van der Waals surface area contributed by atoms with Gasteiger partial charge in [0.2, 0.25) is 5.91 Å². The highest BCUT2D eigenvalue weighted by Gasteiger charge is 2.20. The zero-order valence-electron chi connectivity index (χ0n) is 17.2. The van der Waals surface area contributed by atoms with Gasteiger partial charge in [-0.25, -0.2) is 4.79 Å². The van der Waals surface area contributed by atoms with Crippen LogP contribution < -0.4 is 25.8 Å². The second-order valence-electron chi connectivity index (χ2n) is 6.77. The zero-order valence-corrected chi connectivity index (χ0v) is 17.2. The highest BCUT2D eigenvalue weighted by molar-refractivity contribution is 5.97. The van der Waals surface area contributed by atoms with Crippen LogP contribution in [0.15, 0.2) is 78.9 Å². The smallest absolute Gasteiger partial charge is 0.312 e. The Morgan fingerprint density at radius 2 is 1.45 bits per heavy atom. The van der Waals surface area contributed by atoms with Gasteiger partial charge in [0.1, 0.15) is 23.3 Å². The molecule has 0 aliphatic rings. The molecule has 160 valence electrons. The fourth-order valence-corrected chi connectivity index (χ4v) is 2.97. The molecule has 1 atom stereocenters. The van der Waals surface area contributed by atoms with Crippen LogP contribution in [0.25, 0.3) is 0 Å². The first-order valence-electron chi connectivity index (χ1n) is 9.95. The van der Waals surface area contributed by atoms with Gasteiger partial charge in [0.25, 0.3) is 0 Å². The average Bonchev–Trinajstić information content (AvgIpc) is 2.76. The van der Waals surface area contributed by atoms with Crippen molar-refractivity contribution in [2.45, 2.75) is 19.4 Å². The van der Waals surface area contributed by atoms with E-state index in [1.54, 1.807) is 24.3 Å². The number of benzene rings is 3. The van der Waals surface area contributed by atoms with E-state index in [9.17, 15) is 9.59 Å². The highest BCUT2D eigenvalue weighted by Crippen LogP contribution is 2.25. The summed E-state index contributed by atoms with van der Waals surface area (Å²) in [5.41, 5.74) is 6.73. The van der Waals surface area contributed by atoms with Crippen LogP contribution in [0.3, 0.4) is 0 Å². The first-order chi connectivity index (χ1) is 15.0. The van der Waals surface area contributed by atoms with Crippen molar-refractivity contribution in [1.82, 2.24) is 5.32 Å². The third kappa shape index (κ3) is 6.78.